The van der Waals surface area contributed by atoms with Crippen molar-refractivity contribution in [1.82, 2.24) is 0 Å². The maximum absolute atomic E-state index is 13.1. The van der Waals surface area contributed by atoms with E-state index < -0.39 is 0 Å². The molecule has 156 valence electrons. The second-order valence-electron chi connectivity index (χ2n) is 8.35. The summed E-state index contributed by atoms with van der Waals surface area (Å²) in [6.45, 7) is 2.20. The summed E-state index contributed by atoms with van der Waals surface area (Å²) in [7, 11) is 0. The first-order valence-electron chi connectivity index (χ1n) is 10.8. The van der Waals surface area contributed by atoms with E-state index in [1.54, 1.807) is 0 Å². The molecule has 0 aromatic heterocycles. The normalized spacial score (nSPS) is 17.5. The third-order valence-electron chi connectivity index (χ3n) is 6.00. The second kappa shape index (κ2) is 8.27. The van der Waals surface area contributed by atoms with Gasteiger partial charge in [0.2, 0.25) is 0 Å². The minimum atomic E-state index is -0.379. The number of anilines is 1. The molecule has 0 bridgehead atoms. The third kappa shape index (κ3) is 3.85. The maximum Gasteiger partial charge on any atom is 0.193 e. The van der Waals surface area contributed by atoms with Crippen LogP contribution in [0.1, 0.15) is 40.4 Å². The van der Waals surface area contributed by atoms with Crippen LogP contribution in [0.2, 0.25) is 0 Å². The zero-order valence-electron chi connectivity index (χ0n) is 18.0. The largest absolute Gasteiger partial charge is 0.374 e. The van der Waals surface area contributed by atoms with Gasteiger partial charge in [0.15, 0.2) is 5.78 Å². The number of hydrogen-bond acceptors (Lipinski definition) is 3. The molecule has 1 aliphatic rings. The first-order chi connectivity index (χ1) is 15.6. The Labute approximate surface area is 188 Å². The van der Waals surface area contributed by atoms with Gasteiger partial charge in [-0.05, 0) is 36.2 Å². The number of benzene rings is 4. The van der Waals surface area contributed by atoms with Gasteiger partial charge in [-0.3, -0.25) is 9.79 Å². The summed E-state index contributed by atoms with van der Waals surface area (Å²) in [4.78, 5) is 18.1. The van der Waals surface area contributed by atoms with E-state index in [1.165, 1.54) is 5.56 Å². The standard InChI is InChI=1S/C29H24N2O/c1-29(24-15-9-4-10-16-24)20-27(21-11-5-2-6-12-21)30-25-18-17-23(19-26(25)31-29)28(32)22-13-7-3-8-14-22/h2-19,31H,20H2,1H3. The Morgan fingerprint density at radius 1 is 0.781 bits per heavy atom. The molecule has 4 aromatic rings. The van der Waals surface area contributed by atoms with Gasteiger partial charge in [0, 0.05) is 17.5 Å². The minimum Gasteiger partial charge on any atom is -0.374 e. The number of hydrogen-bond donors (Lipinski definition) is 1. The molecule has 1 atom stereocenters. The lowest BCUT2D eigenvalue weighted by Gasteiger charge is -2.32. The van der Waals surface area contributed by atoms with Crippen molar-refractivity contribution in [3.05, 3.63) is 131 Å². The molecule has 4 aromatic carbocycles. The molecule has 3 heteroatoms. The molecule has 0 fully saturated rings. The first kappa shape index (κ1) is 20.0. The van der Waals surface area contributed by atoms with E-state index in [4.69, 9.17) is 4.99 Å². The molecule has 1 heterocycles. The maximum atomic E-state index is 13.1. The van der Waals surface area contributed by atoms with Gasteiger partial charge < -0.3 is 5.32 Å². The smallest absolute Gasteiger partial charge is 0.193 e. The van der Waals surface area contributed by atoms with Gasteiger partial charge >= 0.3 is 0 Å². The molecule has 0 spiro atoms. The predicted molar refractivity (Wildman–Crippen MR) is 131 cm³/mol. The molecule has 32 heavy (non-hydrogen) atoms. The topological polar surface area (TPSA) is 41.5 Å². The number of ketones is 1. The first-order valence-corrected chi connectivity index (χ1v) is 10.8. The van der Waals surface area contributed by atoms with Crippen molar-refractivity contribution in [3.63, 3.8) is 0 Å². The molecule has 1 aliphatic heterocycles. The summed E-state index contributed by atoms with van der Waals surface area (Å²) in [6, 6.07) is 35.9. The van der Waals surface area contributed by atoms with E-state index in [9.17, 15) is 4.79 Å². The van der Waals surface area contributed by atoms with Gasteiger partial charge in [0.1, 0.15) is 0 Å². The van der Waals surface area contributed by atoms with Crippen molar-refractivity contribution < 1.29 is 4.79 Å². The van der Waals surface area contributed by atoms with E-state index >= 15 is 0 Å². The third-order valence-corrected chi connectivity index (χ3v) is 6.00. The van der Waals surface area contributed by atoms with Crippen LogP contribution in [0.25, 0.3) is 0 Å². The van der Waals surface area contributed by atoms with Gasteiger partial charge in [0.25, 0.3) is 0 Å². The molecule has 0 amide bonds. The molecule has 5 rings (SSSR count). The number of rotatable bonds is 4. The highest BCUT2D eigenvalue weighted by atomic mass is 16.1. The Hall–Kier alpha value is -3.98. The monoisotopic (exact) mass is 416 g/mol. The summed E-state index contributed by atoms with van der Waals surface area (Å²) in [5.41, 5.74) is 5.96. The fraction of sp³-hybridized carbons (Fsp3) is 0.103. The second-order valence-corrected chi connectivity index (χ2v) is 8.35. The Morgan fingerprint density at radius 2 is 1.41 bits per heavy atom. The van der Waals surface area contributed by atoms with Gasteiger partial charge in [-0.1, -0.05) is 91.0 Å². The van der Waals surface area contributed by atoms with Gasteiger partial charge in [-0.25, -0.2) is 0 Å². The predicted octanol–water partition coefficient (Wildman–Crippen LogP) is 6.77. The van der Waals surface area contributed by atoms with Crippen LogP contribution in [0.4, 0.5) is 11.4 Å². The average Bonchev–Trinajstić information content (AvgIpc) is 3.01. The van der Waals surface area contributed by atoms with Crippen LogP contribution < -0.4 is 5.32 Å². The summed E-state index contributed by atoms with van der Waals surface area (Å²) < 4.78 is 0. The van der Waals surface area contributed by atoms with Crippen molar-refractivity contribution in [2.45, 2.75) is 18.9 Å². The quantitative estimate of drug-likeness (QED) is 0.373. The Balaban J connectivity index is 1.63. The van der Waals surface area contributed by atoms with Crippen LogP contribution in [0.3, 0.4) is 0 Å². The van der Waals surface area contributed by atoms with Crippen molar-refractivity contribution in [3.8, 4) is 0 Å². The molecular weight excluding hydrogens is 392 g/mol. The summed E-state index contributed by atoms with van der Waals surface area (Å²) in [5.74, 6) is 0.00752. The highest BCUT2D eigenvalue weighted by Gasteiger charge is 2.32. The van der Waals surface area contributed by atoms with E-state index in [0.29, 0.717) is 11.1 Å². The lowest BCUT2D eigenvalue weighted by molar-refractivity contribution is 0.103. The SMILES string of the molecule is CC1(c2ccccc2)CC(c2ccccc2)=Nc2ccc(C(=O)c3ccccc3)cc2N1. The molecule has 1 N–H and O–H groups in total. The zero-order chi connectivity index (χ0) is 22.0. The van der Waals surface area contributed by atoms with Crippen molar-refractivity contribution in [2.75, 3.05) is 5.32 Å². The molecular formula is C29H24N2O. The lowest BCUT2D eigenvalue weighted by atomic mass is 9.85. The Morgan fingerprint density at radius 3 is 2.09 bits per heavy atom. The fourth-order valence-corrected chi connectivity index (χ4v) is 4.27. The molecule has 0 aliphatic carbocycles. The van der Waals surface area contributed by atoms with Crippen LogP contribution >= 0.6 is 0 Å². The zero-order valence-corrected chi connectivity index (χ0v) is 18.0. The number of carbonyl (C=O) groups is 1. The number of nitrogens with zero attached hydrogens (tertiary/aromatic N) is 1. The summed E-state index contributed by atoms with van der Waals surface area (Å²) >= 11 is 0. The van der Waals surface area contributed by atoms with Crippen molar-refractivity contribution in [1.29, 1.82) is 0 Å². The van der Waals surface area contributed by atoms with Crippen LogP contribution in [0.5, 0.6) is 0 Å². The van der Waals surface area contributed by atoms with Crippen LogP contribution in [-0.4, -0.2) is 11.5 Å². The van der Waals surface area contributed by atoms with Crippen molar-refractivity contribution in [2.24, 2.45) is 4.99 Å². The number of aliphatic imine (C=N–C) groups is 1. The summed E-state index contributed by atoms with van der Waals surface area (Å²) in [5, 5.41) is 3.73. The van der Waals surface area contributed by atoms with Gasteiger partial charge in [0.05, 0.1) is 22.6 Å². The Kier molecular flexibility index (Phi) is 5.16. The van der Waals surface area contributed by atoms with E-state index in [-0.39, 0.29) is 11.3 Å². The van der Waals surface area contributed by atoms with E-state index in [0.717, 1.165) is 29.1 Å². The van der Waals surface area contributed by atoms with Crippen LogP contribution in [-0.2, 0) is 5.54 Å². The molecule has 3 nitrogen and oxygen atoms in total. The van der Waals surface area contributed by atoms with Crippen molar-refractivity contribution >= 4 is 22.9 Å². The Bertz CT molecular complexity index is 1280. The lowest BCUT2D eigenvalue weighted by Crippen LogP contribution is -2.33. The molecule has 0 saturated heterocycles. The highest BCUT2D eigenvalue weighted by molar-refractivity contribution is 6.10. The number of fused-ring (bicyclic) bond motifs is 1. The van der Waals surface area contributed by atoms with Crippen LogP contribution in [0.15, 0.2) is 114 Å². The number of nitrogens with one attached hydrogen (secondary N) is 1. The molecule has 0 saturated carbocycles. The minimum absolute atomic E-state index is 0.00752. The van der Waals surface area contributed by atoms with Crippen LogP contribution in [0, 0.1) is 0 Å². The van der Waals surface area contributed by atoms with Gasteiger partial charge in [-0.15, -0.1) is 0 Å². The molecule has 0 radical (unpaired) electrons. The fourth-order valence-electron chi connectivity index (χ4n) is 4.27. The van der Waals surface area contributed by atoms with E-state index in [1.807, 2.05) is 72.8 Å². The number of carbonyl (C=O) groups excluding carboxylic acids is 1. The summed E-state index contributed by atoms with van der Waals surface area (Å²) in [6.07, 6.45) is 0.720. The average molecular weight is 417 g/mol. The van der Waals surface area contributed by atoms with E-state index in [2.05, 4.69) is 48.6 Å². The van der Waals surface area contributed by atoms with Gasteiger partial charge in [-0.2, -0.15) is 0 Å². The molecule has 1 unspecified atom stereocenters. The highest BCUT2D eigenvalue weighted by Crippen LogP contribution is 2.39.